The number of nitrogens with zero attached hydrogens (tertiary/aromatic N) is 1. The largest absolute Gasteiger partial charge is 0.411 e. The van der Waals surface area contributed by atoms with Gasteiger partial charge in [0.05, 0.1) is 6.21 Å². The van der Waals surface area contributed by atoms with Gasteiger partial charge in [-0.2, -0.15) is 0 Å². The first kappa shape index (κ1) is 12.0. The summed E-state index contributed by atoms with van der Waals surface area (Å²) in [6, 6.07) is 7.51. The highest BCUT2D eigenvalue weighted by Crippen LogP contribution is 2.08. The van der Waals surface area contributed by atoms with Crippen molar-refractivity contribution >= 4 is 18.2 Å². The molecule has 0 saturated heterocycles. The third kappa shape index (κ3) is 3.96. The van der Waals surface area contributed by atoms with E-state index in [1.165, 1.54) is 13.1 Å². The molecule has 0 radical (unpaired) electrons. The summed E-state index contributed by atoms with van der Waals surface area (Å²) in [7, 11) is 0. The van der Waals surface area contributed by atoms with Crippen molar-refractivity contribution in [2.24, 2.45) is 5.16 Å². The zero-order valence-electron chi connectivity index (χ0n) is 9.05. The average molecular weight is 218 g/mol. The molecule has 0 unspecified atom stereocenters. The smallest absolute Gasteiger partial charge is 0.217 e. The lowest BCUT2D eigenvalue weighted by atomic mass is 10.1. The number of nitrogens with one attached hydrogen (secondary N) is 1. The van der Waals surface area contributed by atoms with Crippen LogP contribution in [0.5, 0.6) is 0 Å². The number of hydrogen-bond donors (Lipinski definition) is 2. The summed E-state index contributed by atoms with van der Waals surface area (Å²) < 4.78 is 0. The Morgan fingerprint density at radius 3 is 2.75 bits per heavy atom. The van der Waals surface area contributed by atoms with Gasteiger partial charge in [0.1, 0.15) is 0 Å². The van der Waals surface area contributed by atoms with Crippen LogP contribution < -0.4 is 5.32 Å². The van der Waals surface area contributed by atoms with E-state index in [4.69, 9.17) is 5.21 Å². The lowest BCUT2D eigenvalue weighted by Crippen LogP contribution is -2.19. The Morgan fingerprint density at radius 1 is 1.44 bits per heavy atom. The van der Waals surface area contributed by atoms with Crippen LogP contribution in [0.15, 0.2) is 35.5 Å². The maximum Gasteiger partial charge on any atom is 0.217 e. The fraction of sp³-hybridized carbons (Fsp3) is 0.167. The number of amides is 1. The third-order valence-electron chi connectivity index (χ3n) is 1.96. The Kier molecular flexibility index (Phi) is 4.79. The fourth-order valence-electron chi connectivity index (χ4n) is 1.23. The first-order valence-corrected chi connectivity index (χ1v) is 4.91. The highest BCUT2D eigenvalue weighted by Gasteiger charge is 1.94. The van der Waals surface area contributed by atoms with Crippen LogP contribution in [0.1, 0.15) is 18.1 Å². The van der Waals surface area contributed by atoms with Crippen LogP contribution >= 0.6 is 0 Å². The Balaban J connectivity index is 2.68. The molecule has 16 heavy (non-hydrogen) atoms. The second kappa shape index (κ2) is 6.40. The Hall–Kier alpha value is -2.10. The monoisotopic (exact) mass is 218 g/mol. The van der Waals surface area contributed by atoms with Gasteiger partial charge in [-0.25, -0.2) is 0 Å². The standard InChI is InChI=1S/C12H14N2O2/c1-10(15)13-8-4-7-11-5-2-3-6-12(11)9-14-16/h2-7,9,16H,8H2,1H3,(H,13,15). The third-order valence-corrected chi connectivity index (χ3v) is 1.96. The van der Waals surface area contributed by atoms with Gasteiger partial charge in [0, 0.05) is 19.0 Å². The number of carbonyl (C=O) groups is 1. The van der Waals surface area contributed by atoms with Crippen LogP contribution in [-0.2, 0) is 4.79 Å². The molecule has 0 saturated carbocycles. The van der Waals surface area contributed by atoms with Crippen molar-refractivity contribution in [3.05, 3.63) is 41.5 Å². The van der Waals surface area contributed by atoms with E-state index in [9.17, 15) is 4.79 Å². The second-order valence-electron chi connectivity index (χ2n) is 3.21. The van der Waals surface area contributed by atoms with Gasteiger partial charge in [-0.05, 0) is 5.56 Å². The molecule has 0 aliphatic rings. The predicted molar refractivity (Wildman–Crippen MR) is 63.5 cm³/mol. The number of rotatable bonds is 4. The topological polar surface area (TPSA) is 61.7 Å². The fourth-order valence-corrected chi connectivity index (χ4v) is 1.23. The number of hydrogen-bond acceptors (Lipinski definition) is 3. The molecular formula is C12H14N2O2. The van der Waals surface area contributed by atoms with Crippen molar-refractivity contribution in [2.45, 2.75) is 6.92 Å². The lowest BCUT2D eigenvalue weighted by molar-refractivity contribution is -0.118. The van der Waals surface area contributed by atoms with Crippen molar-refractivity contribution < 1.29 is 10.0 Å². The van der Waals surface area contributed by atoms with Crippen LogP contribution in [0.4, 0.5) is 0 Å². The Labute approximate surface area is 94.3 Å². The maximum atomic E-state index is 10.6. The van der Waals surface area contributed by atoms with E-state index in [2.05, 4.69) is 10.5 Å². The average Bonchev–Trinajstić information content (AvgIpc) is 2.26. The summed E-state index contributed by atoms with van der Waals surface area (Å²) in [6.45, 7) is 1.96. The van der Waals surface area contributed by atoms with Gasteiger partial charge in [-0.3, -0.25) is 4.79 Å². The van der Waals surface area contributed by atoms with Gasteiger partial charge >= 0.3 is 0 Å². The SMILES string of the molecule is CC(=O)NCC=Cc1ccccc1C=NO. The van der Waals surface area contributed by atoms with Gasteiger partial charge in [-0.1, -0.05) is 41.6 Å². The molecule has 0 aliphatic carbocycles. The molecule has 2 N–H and O–H groups in total. The Morgan fingerprint density at radius 2 is 2.12 bits per heavy atom. The van der Waals surface area contributed by atoms with Crippen LogP contribution in [-0.4, -0.2) is 23.9 Å². The van der Waals surface area contributed by atoms with E-state index in [-0.39, 0.29) is 5.91 Å². The van der Waals surface area contributed by atoms with Crippen molar-refractivity contribution in [1.29, 1.82) is 0 Å². The molecule has 1 rings (SSSR count). The maximum absolute atomic E-state index is 10.6. The minimum Gasteiger partial charge on any atom is -0.411 e. The summed E-state index contributed by atoms with van der Waals surface area (Å²) in [4.78, 5) is 10.6. The minimum absolute atomic E-state index is 0.0603. The van der Waals surface area contributed by atoms with Gasteiger partial charge < -0.3 is 10.5 Å². The molecule has 1 aromatic rings. The quantitative estimate of drug-likeness (QED) is 0.458. The number of carbonyl (C=O) groups excluding carboxylic acids is 1. The molecule has 0 aliphatic heterocycles. The molecule has 0 heterocycles. The molecule has 1 aromatic carbocycles. The molecule has 0 spiro atoms. The molecule has 0 aromatic heterocycles. The highest BCUT2D eigenvalue weighted by atomic mass is 16.4. The van der Waals surface area contributed by atoms with E-state index >= 15 is 0 Å². The summed E-state index contributed by atoms with van der Waals surface area (Å²) >= 11 is 0. The summed E-state index contributed by atoms with van der Waals surface area (Å²) in [6.07, 6.45) is 5.08. The first-order valence-electron chi connectivity index (χ1n) is 4.91. The molecule has 4 heteroatoms. The van der Waals surface area contributed by atoms with Crippen molar-refractivity contribution in [3.63, 3.8) is 0 Å². The first-order chi connectivity index (χ1) is 7.74. The van der Waals surface area contributed by atoms with Crippen molar-refractivity contribution in [1.82, 2.24) is 5.32 Å². The summed E-state index contributed by atoms with van der Waals surface area (Å²) in [5.74, 6) is -0.0603. The molecule has 4 nitrogen and oxygen atoms in total. The highest BCUT2D eigenvalue weighted by molar-refractivity contribution is 5.85. The molecule has 0 fully saturated rings. The van der Waals surface area contributed by atoms with Crippen LogP contribution in [0.25, 0.3) is 6.08 Å². The van der Waals surface area contributed by atoms with Gasteiger partial charge in [0.2, 0.25) is 5.91 Å². The molecule has 0 atom stereocenters. The lowest BCUT2D eigenvalue weighted by Gasteiger charge is -1.99. The van der Waals surface area contributed by atoms with Crippen LogP contribution in [0.3, 0.4) is 0 Å². The second-order valence-corrected chi connectivity index (χ2v) is 3.21. The van der Waals surface area contributed by atoms with E-state index in [1.807, 2.05) is 36.4 Å². The number of oxime groups is 1. The molecular weight excluding hydrogens is 204 g/mol. The Bertz CT molecular complexity index is 411. The minimum atomic E-state index is -0.0603. The van der Waals surface area contributed by atoms with E-state index in [1.54, 1.807) is 0 Å². The van der Waals surface area contributed by atoms with Gasteiger partial charge in [0.25, 0.3) is 0 Å². The molecule has 84 valence electrons. The van der Waals surface area contributed by atoms with E-state index in [0.29, 0.717) is 6.54 Å². The van der Waals surface area contributed by atoms with Crippen LogP contribution in [0, 0.1) is 0 Å². The zero-order chi connectivity index (χ0) is 11.8. The van der Waals surface area contributed by atoms with Crippen molar-refractivity contribution in [3.8, 4) is 0 Å². The molecule has 1 amide bonds. The van der Waals surface area contributed by atoms with Crippen LogP contribution in [0.2, 0.25) is 0 Å². The summed E-state index contributed by atoms with van der Waals surface area (Å²) in [5, 5.41) is 14.1. The zero-order valence-corrected chi connectivity index (χ0v) is 9.05. The normalized spacial score (nSPS) is 11.1. The molecule has 0 bridgehead atoms. The predicted octanol–water partition coefficient (Wildman–Crippen LogP) is 1.64. The van der Waals surface area contributed by atoms with Gasteiger partial charge in [0.15, 0.2) is 0 Å². The number of benzene rings is 1. The van der Waals surface area contributed by atoms with Gasteiger partial charge in [-0.15, -0.1) is 0 Å². The van der Waals surface area contributed by atoms with E-state index < -0.39 is 0 Å². The van der Waals surface area contributed by atoms with E-state index in [0.717, 1.165) is 11.1 Å². The van der Waals surface area contributed by atoms with Crippen molar-refractivity contribution in [2.75, 3.05) is 6.54 Å². The summed E-state index contributed by atoms with van der Waals surface area (Å²) in [5.41, 5.74) is 1.76.